The van der Waals surface area contributed by atoms with Gasteiger partial charge in [0.05, 0.1) is 16.5 Å². The van der Waals surface area contributed by atoms with Gasteiger partial charge >= 0.3 is 0 Å². The Morgan fingerprint density at radius 1 is 0.971 bits per heavy atom. The summed E-state index contributed by atoms with van der Waals surface area (Å²) in [5, 5.41) is 13.8. The van der Waals surface area contributed by atoms with Crippen molar-refractivity contribution in [3.05, 3.63) is 101 Å². The standard InChI is InChI=1S/C29H24ClN3OS/c1-18-8-7-9-19(2)27(18)33-28(34)20(3)35-29-25(17-31)24(21-10-5-4-6-11-21)16-26(32-29)22-12-14-23(30)15-13-22/h4-16,20H,1-3H3,(H,33,34). The molecule has 4 nitrogen and oxygen atoms in total. The molecular formula is C29H24ClN3OS. The quantitative estimate of drug-likeness (QED) is 0.277. The maximum Gasteiger partial charge on any atom is 0.237 e. The number of nitrogens with one attached hydrogen (secondary N) is 1. The van der Waals surface area contributed by atoms with E-state index in [1.165, 1.54) is 11.8 Å². The molecule has 1 unspecified atom stereocenters. The van der Waals surface area contributed by atoms with Gasteiger partial charge in [0.2, 0.25) is 5.91 Å². The van der Waals surface area contributed by atoms with Crippen LogP contribution in [0.25, 0.3) is 22.4 Å². The molecule has 0 aliphatic heterocycles. The molecule has 0 spiro atoms. The molecule has 1 heterocycles. The number of aromatic nitrogens is 1. The topological polar surface area (TPSA) is 65.8 Å². The van der Waals surface area contributed by atoms with E-state index in [9.17, 15) is 10.1 Å². The summed E-state index contributed by atoms with van der Waals surface area (Å²) in [6.45, 7) is 5.77. The van der Waals surface area contributed by atoms with Crippen LogP contribution < -0.4 is 5.32 Å². The van der Waals surface area contributed by atoms with Crippen LogP contribution in [0.15, 0.2) is 83.9 Å². The summed E-state index contributed by atoms with van der Waals surface area (Å²) >= 11 is 7.37. The van der Waals surface area contributed by atoms with Crippen LogP contribution in [0.5, 0.6) is 0 Å². The van der Waals surface area contributed by atoms with Gasteiger partial charge in [0.15, 0.2) is 0 Å². The smallest absolute Gasteiger partial charge is 0.237 e. The first-order chi connectivity index (χ1) is 16.9. The number of nitriles is 1. The van der Waals surface area contributed by atoms with Crippen molar-refractivity contribution in [2.75, 3.05) is 5.32 Å². The molecule has 0 aliphatic carbocycles. The number of rotatable bonds is 6. The van der Waals surface area contributed by atoms with Crippen LogP contribution in [0, 0.1) is 25.2 Å². The Kier molecular flexibility index (Phi) is 7.55. The number of hydrogen-bond acceptors (Lipinski definition) is 4. The maximum absolute atomic E-state index is 13.1. The van der Waals surface area contributed by atoms with E-state index in [-0.39, 0.29) is 5.91 Å². The zero-order valence-corrected chi connectivity index (χ0v) is 21.2. The molecule has 174 valence electrons. The second-order valence-electron chi connectivity index (χ2n) is 8.24. The van der Waals surface area contributed by atoms with Crippen molar-refractivity contribution in [2.45, 2.75) is 31.0 Å². The Morgan fingerprint density at radius 2 is 1.63 bits per heavy atom. The molecule has 0 bridgehead atoms. The van der Waals surface area contributed by atoms with Crippen molar-refractivity contribution in [1.29, 1.82) is 5.26 Å². The molecule has 4 aromatic rings. The summed E-state index contributed by atoms with van der Waals surface area (Å²) in [5.74, 6) is -0.142. The minimum absolute atomic E-state index is 0.142. The predicted molar refractivity (Wildman–Crippen MR) is 145 cm³/mol. The fourth-order valence-corrected chi connectivity index (χ4v) is 4.84. The summed E-state index contributed by atoms with van der Waals surface area (Å²) in [5.41, 5.74) is 6.55. The molecule has 1 N–H and O–H groups in total. The van der Waals surface area contributed by atoms with Gasteiger partial charge in [0.25, 0.3) is 0 Å². The highest BCUT2D eigenvalue weighted by Crippen LogP contribution is 2.36. The number of carbonyl (C=O) groups excluding carboxylic acids is 1. The fraction of sp³-hybridized carbons (Fsp3) is 0.138. The first-order valence-corrected chi connectivity index (χ1v) is 12.4. The highest BCUT2D eigenvalue weighted by molar-refractivity contribution is 8.00. The zero-order chi connectivity index (χ0) is 24.9. The van der Waals surface area contributed by atoms with E-state index in [1.54, 1.807) is 0 Å². The molecule has 3 aromatic carbocycles. The van der Waals surface area contributed by atoms with E-state index >= 15 is 0 Å². The Balaban J connectivity index is 1.74. The van der Waals surface area contributed by atoms with E-state index in [1.807, 2.05) is 99.6 Å². The summed E-state index contributed by atoms with van der Waals surface area (Å²) in [6, 6.07) is 27.3. The first-order valence-electron chi connectivity index (χ1n) is 11.2. The van der Waals surface area contributed by atoms with Gasteiger partial charge in [-0.25, -0.2) is 4.98 Å². The second kappa shape index (κ2) is 10.8. The summed E-state index contributed by atoms with van der Waals surface area (Å²) in [7, 11) is 0. The molecule has 0 aliphatic rings. The molecule has 0 saturated carbocycles. The van der Waals surface area contributed by atoms with Gasteiger partial charge in [0.1, 0.15) is 11.1 Å². The van der Waals surface area contributed by atoms with Gasteiger partial charge in [-0.15, -0.1) is 0 Å². The summed E-state index contributed by atoms with van der Waals surface area (Å²) < 4.78 is 0. The normalized spacial score (nSPS) is 11.5. The van der Waals surface area contributed by atoms with Gasteiger partial charge < -0.3 is 5.32 Å². The molecule has 0 saturated heterocycles. The lowest BCUT2D eigenvalue weighted by atomic mass is 9.99. The molecule has 1 atom stereocenters. The van der Waals surface area contributed by atoms with Crippen LogP contribution in [0.4, 0.5) is 5.69 Å². The number of aryl methyl sites for hydroxylation is 2. The first kappa shape index (κ1) is 24.5. The van der Waals surface area contributed by atoms with Crippen molar-refractivity contribution < 1.29 is 4.79 Å². The largest absolute Gasteiger partial charge is 0.325 e. The number of hydrogen-bond donors (Lipinski definition) is 1. The number of anilines is 1. The molecule has 1 aromatic heterocycles. The highest BCUT2D eigenvalue weighted by atomic mass is 35.5. The van der Waals surface area contributed by atoms with Gasteiger partial charge in [0, 0.05) is 21.8 Å². The van der Waals surface area contributed by atoms with E-state index in [4.69, 9.17) is 16.6 Å². The van der Waals surface area contributed by atoms with E-state index < -0.39 is 5.25 Å². The van der Waals surface area contributed by atoms with Crippen LogP contribution >= 0.6 is 23.4 Å². The number of pyridine rings is 1. The second-order valence-corrected chi connectivity index (χ2v) is 10.0. The average Bonchev–Trinajstić information content (AvgIpc) is 2.86. The van der Waals surface area contributed by atoms with Crippen molar-refractivity contribution in [3.63, 3.8) is 0 Å². The number of halogens is 1. The maximum atomic E-state index is 13.1. The number of thioether (sulfide) groups is 1. The molecule has 1 amide bonds. The van der Waals surface area contributed by atoms with E-state index in [0.717, 1.165) is 33.5 Å². The Hall–Kier alpha value is -3.59. The van der Waals surface area contributed by atoms with E-state index in [2.05, 4.69) is 11.4 Å². The number of nitrogens with zero attached hydrogens (tertiary/aromatic N) is 2. The summed E-state index contributed by atoms with van der Waals surface area (Å²) in [6.07, 6.45) is 0. The van der Waals surface area contributed by atoms with E-state index in [0.29, 0.717) is 21.3 Å². The van der Waals surface area contributed by atoms with Gasteiger partial charge in [-0.1, -0.05) is 84.0 Å². The third-order valence-electron chi connectivity index (χ3n) is 5.71. The molecular weight excluding hydrogens is 474 g/mol. The third kappa shape index (κ3) is 5.57. The minimum atomic E-state index is -0.474. The van der Waals surface area contributed by atoms with Crippen molar-refractivity contribution in [2.24, 2.45) is 0 Å². The predicted octanol–water partition coefficient (Wildman–Crippen LogP) is 7.68. The Labute approximate surface area is 215 Å². The molecule has 4 rings (SSSR count). The third-order valence-corrected chi connectivity index (χ3v) is 7.05. The fourth-order valence-electron chi connectivity index (χ4n) is 3.79. The zero-order valence-electron chi connectivity index (χ0n) is 19.7. The van der Waals surface area contributed by atoms with Crippen molar-refractivity contribution in [1.82, 2.24) is 4.98 Å². The molecule has 35 heavy (non-hydrogen) atoms. The minimum Gasteiger partial charge on any atom is -0.325 e. The van der Waals surface area contributed by atoms with Crippen LogP contribution in [0.3, 0.4) is 0 Å². The Morgan fingerprint density at radius 3 is 2.26 bits per heavy atom. The lowest BCUT2D eigenvalue weighted by molar-refractivity contribution is -0.115. The molecule has 6 heteroatoms. The summed E-state index contributed by atoms with van der Waals surface area (Å²) in [4.78, 5) is 17.9. The molecule has 0 fully saturated rings. The van der Waals surface area contributed by atoms with Crippen LogP contribution in [0.1, 0.15) is 23.6 Å². The number of para-hydroxylation sites is 1. The lowest BCUT2D eigenvalue weighted by Gasteiger charge is -2.17. The SMILES string of the molecule is Cc1cccc(C)c1NC(=O)C(C)Sc1nc(-c2ccc(Cl)cc2)cc(-c2ccccc2)c1C#N. The van der Waals surface area contributed by atoms with Crippen LogP contribution in [0.2, 0.25) is 5.02 Å². The van der Waals surface area contributed by atoms with Gasteiger partial charge in [-0.3, -0.25) is 4.79 Å². The monoisotopic (exact) mass is 497 g/mol. The van der Waals surface area contributed by atoms with Gasteiger partial charge in [-0.05, 0) is 55.7 Å². The lowest BCUT2D eigenvalue weighted by Crippen LogP contribution is -2.23. The Bertz CT molecular complexity index is 1390. The van der Waals surface area contributed by atoms with Crippen LogP contribution in [-0.2, 0) is 4.79 Å². The highest BCUT2D eigenvalue weighted by Gasteiger charge is 2.22. The van der Waals surface area contributed by atoms with Gasteiger partial charge in [-0.2, -0.15) is 5.26 Å². The average molecular weight is 498 g/mol. The number of benzene rings is 3. The van der Waals surface area contributed by atoms with Crippen LogP contribution in [-0.4, -0.2) is 16.1 Å². The number of carbonyl (C=O) groups is 1. The number of amides is 1. The van der Waals surface area contributed by atoms with Crippen molar-refractivity contribution in [3.8, 4) is 28.5 Å². The van der Waals surface area contributed by atoms with Crippen molar-refractivity contribution >= 4 is 35.0 Å². The molecule has 0 radical (unpaired) electrons.